The van der Waals surface area contributed by atoms with Gasteiger partial charge in [0, 0.05) is 39.3 Å². The average Bonchev–Trinajstić information content (AvgIpc) is 2.32. The minimum absolute atomic E-state index is 0.682. The second-order valence-corrected chi connectivity index (χ2v) is 3.75. The molecule has 0 aliphatic rings. The smallest absolute Gasteiger partial charge is 0.0206 e. The van der Waals surface area contributed by atoms with Gasteiger partial charge in [-0.25, -0.2) is 0 Å². The predicted molar refractivity (Wildman–Crippen MR) is 68.0 cm³/mol. The van der Waals surface area contributed by atoms with Crippen molar-refractivity contribution in [2.24, 2.45) is 11.5 Å². The Bertz CT molecular complexity index is 242. The van der Waals surface area contributed by atoms with Crippen molar-refractivity contribution in [3.63, 3.8) is 0 Å². The summed E-state index contributed by atoms with van der Waals surface area (Å²) in [5.41, 5.74) is 13.4. The summed E-state index contributed by atoms with van der Waals surface area (Å²) >= 11 is 0. The summed E-state index contributed by atoms with van der Waals surface area (Å²) in [7, 11) is 0. The minimum Gasteiger partial charge on any atom is -0.329 e. The first kappa shape index (κ1) is 13.1. The van der Waals surface area contributed by atoms with Crippen molar-refractivity contribution in [1.29, 1.82) is 0 Å². The summed E-state index contributed by atoms with van der Waals surface area (Å²) in [5.74, 6) is 0. The van der Waals surface area contributed by atoms with Crippen molar-refractivity contribution in [2.45, 2.75) is 13.1 Å². The van der Waals surface area contributed by atoms with Gasteiger partial charge in [0.25, 0.3) is 0 Å². The zero-order valence-electron chi connectivity index (χ0n) is 9.71. The molecule has 0 radical (unpaired) electrons. The Balaban J connectivity index is 2.30. The minimum atomic E-state index is 0.682. The first-order valence-corrected chi connectivity index (χ1v) is 5.76. The van der Waals surface area contributed by atoms with Gasteiger partial charge in [-0.2, -0.15) is 0 Å². The van der Waals surface area contributed by atoms with Gasteiger partial charge in [0.1, 0.15) is 0 Å². The van der Waals surface area contributed by atoms with Crippen molar-refractivity contribution in [3.05, 3.63) is 35.4 Å². The fourth-order valence-electron chi connectivity index (χ4n) is 1.44. The molecule has 6 N–H and O–H groups in total. The lowest BCUT2D eigenvalue weighted by Crippen LogP contribution is -2.22. The Labute approximate surface area is 97.4 Å². The van der Waals surface area contributed by atoms with Gasteiger partial charge in [0.2, 0.25) is 0 Å². The van der Waals surface area contributed by atoms with Gasteiger partial charge in [0.15, 0.2) is 0 Å². The molecule has 4 nitrogen and oxygen atoms in total. The maximum Gasteiger partial charge on any atom is 0.0206 e. The highest BCUT2D eigenvalue weighted by Crippen LogP contribution is 2.03. The summed E-state index contributed by atoms with van der Waals surface area (Å²) in [6, 6.07) is 8.57. The van der Waals surface area contributed by atoms with Crippen LogP contribution in [0.25, 0.3) is 0 Å². The Kier molecular flexibility index (Phi) is 6.76. The van der Waals surface area contributed by atoms with E-state index in [0.717, 1.165) is 26.2 Å². The lowest BCUT2D eigenvalue weighted by molar-refractivity contribution is 0.688. The average molecular weight is 222 g/mol. The number of nitrogens with two attached hydrogens (primary N) is 2. The van der Waals surface area contributed by atoms with Crippen LogP contribution in [0.3, 0.4) is 0 Å². The van der Waals surface area contributed by atoms with Gasteiger partial charge in [0.05, 0.1) is 0 Å². The maximum atomic E-state index is 5.40. The summed E-state index contributed by atoms with van der Waals surface area (Å²) in [5, 5.41) is 6.53. The highest BCUT2D eigenvalue weighted by atomic mass is 14.9. The summed E-state index contributed by atoms with van der Waals surface area (Å²) in [4.78, 5) is 0. The van der Waals surface area contributed by atoms with Crippen molar-refractivity contribution in [3.8, 4) is 0 Å². The third-order valence-electron chi connectivity index (χ3n) is 2.32. The van der Waals surface area contributed by atoms with Crippen molar-refractivity contribution < 1.29 is 0 Å². The topological polar surface area (TPSA) is 76.1 Å². The van der Waals surface area contributed by atoms with Crippen LogP contribution in [0.15, 0.2) is 24.3 Å². The first-order chi connectivity index (χ1) is 7.86. The third kappa shape index (κ3) is 5.23. The Morgan fingerprint density at radius 1 is 0.750 bits per heavy atom. The summed E-state index contributed by atoms with van der Waals surface area (Å²) in [6.45, 7) is 4.85. The molecule has 0 aromatic heterocycles. The molecule has 0 saturated carbocycles. The van der Waals surface area contributed by atoms with Gasteiger partial charge in [-0.15, -0.1) is 0 Å². The van der Waals surface area contributed by atoms with E-state index < -0.39 is 0 Å². The zero-order valence-corrected chi connectivity index (χ0v) is 9.71. The highest BCUT2D eigenvalue weighted by molar-refractivity contribution is 5.22. The zero-order chi connectivity index (χ0) is 11.6. The lowest BCUT2D eigenvalue weighted by Gasteiger charge is -2.06. The van der Waals surface area contributed by atoms with Crippen molar-refractivity contribution >= 4 is 0 Å². The van der Waals surface area contributed by atoms with Crippen molar-refractivity contribution in [1.82, 2.24) is 10.6 Å². The van der Waals surface area contributed by atoms with E-state index in [1.54, 1.807) is 0 Å². The quantitative estimate of drug-likeness (QED) is 0.459. The van der Waals surface area contributed by atoms with E-state index in [2.05, 4.69) is 34.9 Å². The van der Waals surface area contributed by atoms with Crippen LogP contribution in [-0.4, -0.2) is 26.2 Å². The van der Waals surface area contributed by atoms with E-state index in [1.807, 2.05) is 0 Å². The molecule has 0 aliphatic heterocycles. The van der Waals surface area contributed by atoms with Gasteiger partial charge in [-0.05, 0) is 11.1 Å². The molecule has 0 bridgehead atoms. The summed E-state index contributed by atoms with van der Waals surface area (Å²) < 4.78 is 0. The van der Waals surface area contributed by atoms with E-state index >= 15 is 0 Å². The van der Waals surface area contributed by atoms with Crippen LogP contribution in [0.4, 0.5) is 0 Å². The van der Waals surface area contributed by atoms with Crippen LogP contribution in [0.2, 0.25) is 0 Å². The number of benzene rings is 1. The van der Waals surface area contributed by atoms with E-state index in [1.165, 1.54) is 11.1 Å². The maximum absolute atomic E-state index is 5.40. The fourth-order valence-corrected chi connectivity index (χ4v) is 1.44. The molecule has 0 fully saturated rings. The van der Waals surface area contributed by atoms with Crippen LogP contribution in [-0.2, 0) is 13.1 Å². The molecule has 1 rings (SSSR count). The van der Waals surface area contributed by atoms with Crippen LogP contribution in [0, 0.1) is 0 Å². The summed E-state index contributed by atoms with van der Waals surface area (Å²) in [6.07, 6.45) is 0. The standard InChI is InChI=1S/C12H22N4/c13-5-7-15-9-11-1-2-12(4-3-11)10-16-8-6-14/h1-4,15-16H,5-10,13-14H2. The molecule has 0 atom stereocenters. The van der Waals surface area contributed by atoms with E-state index in [9.17, 15) is 0 Å². The number of rotatable bonds is 8. The third-order valence-corrected chi connectivity index (χ3v) is 2.32. The predicted octanol–water partition coefficient (Wildman–Crippen LogP) is -0.217. The number of hydrogen-bond acceptors (Lipinski definition) is 4. The van der Waals surface area contributed by atoms with Crippen LogP contribution < -0.4 is 22.1 Å². The van der Waals surface area contributed by atoms with Crippen LogP contribution in [0.5, 0.6) is 0 Å². The van der Waals surface area contributed by atoms with Crippen LogP contribution >= 0.6 is 0 Å². The van der Waals surface area contributed by atoms with E-state index in [0.29, 0.717) is 13.1 Å². The molecular formula is C12H22N4. The SMILES string of the molecule is NCCNCc1ccc(CNCCN)cc1. The number of nitrogens with one attached hydrogen (secondary N) is 2. The highest BCUT2D eigenvalue weighted by Gasteiger charge is 1.94. The lowest BCUT2D eigenvalue weighted by atomic mass is 10.1. The largest absolute Gasteiger partial charge is 0.329 e. The molecule has 90 valence electrons. The Morgan fingerprint density at radius 2 is 1.12 bits per heavy atom. The first-order valence-electron chi connectivity index (χ1n) is 5.76. The Hall–Kier alpha value is -0.940. The molecule has 0 heterocycles. The molecule has 1 aromatic rings. The van der Waals surface area contributed by atoms with E-state index in [-0.39, 0.29) is 0 Å². The second kappa shape index (κ2) is 8.24. The van der Waals surface area contributed by atoms with Gasteiger partial charge < -0.3 is 22.1 Å². The Morgan fingerprint density at radius 3 is 1.44 bits per heavy atom. The normalized spacial score (nSPS) is 10.6. The van der Waals surface area contributed by atoms with Crippen LogP contribution in [0.1, 0.15) is 11.1 Å². The van der Waals surface area contributed by atoms with Gasteiger partial charge in [-0.3, -0.25) is 0 Å². The molecule has 0 aliphatic carbocycles. The van der Waals surface area contributed by atoms with Gasteiger partial charge >= 0.3 is 0 Å². The van der Waals surface area contributed by atoms with Gasteiger partial charge in [-0.1, -0.05) is 24.3 Å². The monoisotopic (exact) mass is 222 g/mol. The van der Waals surface area contributed by atoms with E-state index in [4.69, 9.17) is 11.5 Å². The molecule has 1 aromatic carbocycles. The molecule has 0 saturated heterocycles. The molecule has 0 amide bonds. The second-order valence-electron chi connectivity index (χ2n) is 3.75. The van der Waals surface area contributed by atoms with Crippen molar-refractivity contribution in [2.75, 3.05) is 26.2 Å². The molecule has 16 heavy (non-hydrogen) atoms. The molecule has 0 spiro atoms. The molecule has 4 heteroatoms. The molecular weight excluding hydrogens is 200 g/mol. The number of hydrogen-bond donors (Lipinski definition) is 4. The molecule has 0 unspecified atom stereocenters. The fraction of sp³-hybridized carbons (Fsp3) is 0.500.